The van der Waals surface area contributed by atoms with E-state index < -0.39 is 0 Å². The topological polar surface area (TPSA) is 67.0 Å². The third-order valence-corrected chi connectivity index (χ3v) is 3.96. The molecule has 0 aliphatic carbocycles. The van der Waals surface area contributed by atoms with Crippen molar-refractivity contribution in [2.45, 2.75) is 19.9 Å². The minimum atomic E-state index is -0.165. The molecular formula is C20H21N3O2. The Morgan fingerprint density at radius 2 is 2.00 bits per heavy atom. The van der Waals surface area contributed by atoms with Crippen molar-refractivity contribution in [2.75, 3.05) is 6.61 Å². The van der Waals surface area contributed by atoms with Crippen molar-refractivity contribution in [3.05, 3.63) is 71.9 Å². The van der Waals surface area contributed by atoms with Gasteiger partial charge in [-0.15, -0.1) is 0 Å². The van der Waals surface area contributed by atoms with Crippen LogP contribution < -0.4 is 10.1 Å². The molecule has 0 saturated carbocycles. The van der Waals surface area contributed by atoms with Gasteiger partial charge in [0.25, 0.3) is 5.91 Å². The largest absolute Gasteiger partial charge is 0.494 e. The van der Waals surface area contributed by atoms with Gasteiger partial charge >= 0.3 is 0 Å². The van der Waals surface area contributed by atoms with Crippen molar-refractivity contribution in [3.8, 4) is 17.0 Å². The molecule has 0 radical (unpaired) electrons. The number of amides is 1. The van der Waals surface area contributed by atoms with E-state index in [1.165, 1.54) is 0 Å². The van der Waals surface area contributed by atoms with E-state index in [9.17, 15) is 4.79 Å². The maximum atomic E-state index is 12.7. The van der Waals surface area contributed by atoms with E-state index in [1.54, 1.807) is 6.20 Å². The molecule has 0 spiro atoms. The summed E-state index contributed by atoms with van der Waals surface area (Å²) in [7, 11) is 0. The zero-order valence-electron chi connectivity index (χ0n) is 14.3. The first-order valence-electron chi connectivity index (χ1n) is 8.31. The summed E-state index contributed by atoms with van der Waals surface area (Å²) in [5.41, 5.74) is 3.16. The number of aromatic amines is 1. The van der Waals surface area contributed by atoms with Crippen LogP contribution in [0.15, 0.2) is 60.8 Å². The molecule has 0 saturated heterocycles. The molecule has 1 unspecified atom stereocenters. The van der Waals surface area contributed by atoms with E-state index in [0.29, 0.717) is 17.9 Å². The molecule has 5 nitrogen and oxygen atoms in total. The molecule has 1 aromatic heterocycles. The van der Waals surface area contributed by atoms with Gasteiger partial charge in [-0.1, -0.05) is 42.5 Å². The van der Waals surface area contributed by atoms with E-state index in [-0.39, 0.29) is 11.9 Å². The highest BCUT2D eigenvalue weighted by atomic mass is 16.5. The van der Waals surface area contributed by atoms with Gasteiger partial charge in [0.1, 0.15) is 5.75 Å². The molecule has 3 rings (SSSR count). The number of H-pyrrole nitrogens is 1. The van der Waals surface area contributed by atoms with Crippen LogP contribution in [0.5, 0.6) is 5.75 Å². The number of hydrogen-bond acceptors (Lipinski definition) is 3. The van der Waals surface area contributed by atoms with Crippen molar-refractivity contribution in [2.24, 2.45) is 0 Å². The molecule has 3 aromatic rings. The van der Waals surface area contributed by atoms with Gasteiger partial charge in [-0.3, -0.25) is 9.89 Å². The van der Waals surface area contributed by atoms with Gasteiger partial charge in [0, 0.05) is 5.56 Å². The smallest absolute Gasteiger partial charge is 0.255 e. The molecule has 0 aliphatic heterocycles. The minimum absolute atomic E-state index is 0.147. The Balaban J connectivity index is 1.77. The molecule has 2 aromatic carbocycles. The van der Waals surface area contributed by atoms with Crippen LogP contribution in [0.4, 0.5) is 0 Å². The highest BCUT2D eigenvalue weighted by Gasteiger charge is 2.17. The Morgan fingerprint density at radius 3 is 2.76 bits per heavy atom. The Bertz CT molecular complexity index is 843. The molecule has 0 fully saturated rings. The Hall–Kier alpha value is -3.08. The number of rotatable bonds is 6. The second kappa shape index (κ2) is 7.66. The van der Waals surface area contributed by atoms with Crippen LogP contribution in [0.1, 0.15) is 35.8 Å². The Morgan fingerprint density at radius 1 is 1.20 bits per heavy atom. The fourth-order valence-corrected chi connectivity index (χ4v) is 2.68. The summed E-state index contributed by atoms with van der Waals surface area (Å²) >= 11 is 0. The molecule has 0 bridgehead atoms. The van der Waals surface area contributed by atoms with Crippen LogP contribution in [0.2, 0.25) is 0 Å². The highest BCUT2D eigenvalue weighted by molar-refractivity contribution is 5.99. The predicted molar refractivity (Wildman–Crippen MR) is 97.5 cm³/mol. The second-order valence-corrected chi connectivity index (χ2v) is 5.73. The van der Waals surface area contributed by atoms with Crippen LogP contribution >= 0.6 is 0 Å². The number of nitrogens with zero attached hydrogens (tertiary/aromatic N) is 1. The van der Waals surface area contributed by atoms with Crippen LogP contribution in [-0.4, -0.2) is 22.7 Å². The standard InChI is InChI=1S/C20H21N3O2/c1-3-25-17-11-7-10-16(12-17)14(2)22-20(24)18-13-21-23-19(18)15-8-5-4-6-9-15/h4-14H,3H2,1-2H3,(H,21,23)(H,22,24). The van der Waals surface area contributed by atoms with Crippen LogP contribution in [0.25, 0.3) is 11.3 Å². The average Bonchev–Trinajstić information content (AvgIpc) is 3.13. The van der Waals surface area contributed by atoms with Crippen LogP contribution in [-0.2, 0) is 0 Å². The lowest BCUT2D eigenvalue weighted by molar-refractivity contribution is 0.0940. The lowest BCUT2D eigenvalue weighted by Crippen LogP contribution is -2.26. The summed E-state index contributed by atoms with van der Waals surface area (Å²) in [6.07, 6.45) is 1.56. The quantitative estimate of drug-likeness (QED) is 0.716. The van der Waals surface area contributed by atoms with E-state index in [2.05, 4.69) is 15.5 Å². The van der Waals surface area contributed by atoms with Gasteiger partial charge < -0.3 is 10.1 Å². The minimum Gasteiger partial charge on any atom is -0.494 e. The van der Waals surface area contributed by atoms with Gasteiger partial charge in [0.15, 0.2) is 0 Å². The molecule has 1 amide bonds. The summed E-state index contributed by atoms with van der Waals surface area (Å²) in [5, 5.41) is 9.97. The van der Waals surface area contributed by atoms with Crippen molar-refractivity contribution in [1.29, 1.82) is 0 Å². The Labute approximate surface area is 147 Å². The molecule has 1 atom stereocenters. The lowest BCUT2D eigenvalue weighted by Gasteiger charge is -2.15. The summed E-state index contributed by atoms with van der Waals surface area (Å²) < 4.78 is 5.52. The number of carbonyl (C=O) groups excluding carboxylic acids is 1. The van der Waals surface area contributed by atoms with Gasteiger partial charge in [0.2, 0.25) is 0 Å². The number of carbonyl (C=O) groups is 1. The molecule has 1 heterocycles. The molecule has 0 aliphatic rings. The molecular weight excluding hydrogens is 314 g/mol. The Kier molecular flexibility index (Phi) is 5.14. The van der Waals surface area contributed by atoms with Gasteiger partial charge in [-0.05, 0) is 31.5 Å². The fourth-order valence-electron chi connectivity index (χ4n) is 2.68. The maximum absolute atomic E-state index is 12.7. The normalized spacial score (nSPS) is 11.8. The third kappa shape index (κ3) is 3.88. The van der Waals surface area contributed by atoms with Crippen LogP contribution in [0, 0.1) is 0 Å². The van der Waals surface area contributed by atoms with Gasteiger partial charge in [0.05, 0.1) is 30.1 Å². The highest BCUT2D eigenvalue weighted by Crippen LogP contribution is 2.23. The van der Waals surface area contributed by atoms with Gasteiger partial charge in [-0.25, -0.2) is 0 Å². The summed E-state index contributed by atoms with van der Waals surface area (Å²) in [6.45, 7) is 4.51. The average molecular weight is 335 g/mol. The molecule has 2 N–H and O–H groups in total. The first-order valence-corrected chi connectivity index (χ1v) is 8.31. The van der Waals surface area contributed by atoms with E-state index in [4.69, 9.17) is 4.74 Å². The van der Waals surface area contributed by atoms with Crippen molar-refractivity contribution < 1.29 is 9.53 Å². The number of hydrogen-bond donors (Lipinski definition) is 2. The number of ether oxygens (including phenoxy) is 1. The monoisotopic (exact) mass is 335 g/mol. The second-order valence-electron chi connectivity index (χ2n) is 5.73. The SMILES string of the molecule is CCOc1cccc(C(C)NC(=O)c2cn[nH]c2-c2ccccc2)c1. The van der Waals surface area contributed by atoms with E-state index in [0.717, 1.165) is 16.9 Å². The van der Waals surface area contributed by atoms with Crippen LogP contribution in [0.3, 0.4) is 0 Å². The first kappa shape index (κ1) is 16.8. The zero-order chi connectivity index (χ0) is 17.6. The van der Waals surface area contributed by atoms with Gasteiger partial charge in [-0.2, -0.15) is 5.10 Å². The number of benzene rings is 2. The van der Waals surface area contributed by atoms with Crippen molar-refractivity contribution >= 4 is 5.91 Å². The van der Waals surface area contributed by atoms with E-state index in [1.807, 2.05) is 68.4 Å². The third-order valence-electron chi connectivity index (χ3n) is 3.96. The molecule has 128 valence electrons. The van der Waals surface area contributed by atoms with Crippen molar-refractivity contribution in [1.82, 2.24) is 15.5 Å². The summed E-state index contributed by atoms with van der Waals surface area (Å²) in [6, 6.07) is 17.3. The predicted octanol–water partition coefficient (Wildman–Crippen LogP) is 3.97. The van der Waals surface area contributed by atoms with Crippen molar-refractivity contribution in [3.63, 3.8) is 0 Å². The summed E-state index contributed by atoms with van der Waals surface area (Å²) in [4.78, 5) is 12.7. The number of aromatic nitrogens is 2. The summed E-state index contributed by atoms with van der Waals surface area (Å²) in [5.74, 6) is 0.635. The lowest BCUT2D eigenvalue weighted by atomic mass is 10.1. The first-order chi connectivity index (χ1) is 12.2. The zero-order valence-corrected chi connectivity index (χ0v) is 14.3. The van der Waals surface area contributed by atoms with E-state index >= 15 is 0 Å². The maximum Gasteiger partial charge on any atom is 0.255 e. The molecule has 25 heavy (non-hydrogen) atoms. The molecule has 5 heteroatoms. The number of nitrogens with one attached hydrogen (secondary N) is 2. The fraction of sp³-hybridized carbons (Fsp3) is 0.200.